The minimum atomic E-state index is -0.700. The van der Waals surface area contributed by atoms with Gasteiger partial charge in [0.05, 0.1) is 5.71 Å². The molecular weight excluding hydrogens is 375 g/mol. The summed E-state index contributed by atoms with van der Waals surface area (Å²) >= 11 is 0. The third-order valence-corrected chi connectivity index (χ3v) is 5.45. The van der Waals surface area contributed by atoms with Gasteiger partial charge < -0.3 is 0 Å². The molecule has 1 fully saturated rings. The van der Waals surface area contributed by atoms with E-state index in [0.717, 1.165) is 10.6 Å². The fourth-order valence-corrected chi connectivity index (χ4v) is 3.62. The molecule has 29 heavy (non-hydrogen) atoms. The van der Waals surface area contributed by atoms with Gasteiger partial charge in [-0.1, -0.05) is 44.0 Å². The fourth-order valence-electron chi connectivity index (χ4n) is 3.62. The number of guanidine groups is 1. The average Bonchev–Trinajstić information content (AvgIpc) is 3.06. The SMILES string of the molecule is CN1C(=O)C2C(=NC3=[N+]2CC(C(C)(C)C)=NN3Cc2ccccc2F)N(C)C1=O. The van der Waals surface area contributed by atoms with E-state index in [-0.39, 0.29) is 23.7 Å². The molecule has 3 aliphatic rings. The van der Waals surface area contributed by atoms with E-state index < -0.39 is 12.1 Å². The molecular formula is C20H24FN6O2+. The van der Waals surface area contributed by atoms with E-state index in [0.29, 0.717) is 23.9 Å². The summed E-state index contributed by atoms with van der Waals surface area (Å²) in [4.78, 5) is 32.3. The Bertz CT molecular complexity index is 1010. The first-order valence-corrected chi connectivity index (χ1v) is 9.46. The highest BCUT2D eigenvalue weighted by atomic mass is 19.1. The Morgan fingerprint density at radius 3 is 2.52 bits per heavy atom. The number of nitrogens with zero attached hydrogens (tertiary/aromatic N) is 6. The van der Waals surface area contributed by atoms with Crippen molar-refractivity contribution in [3.8, 4) is 0 Å². The Morgan fingerprint density at radius 1 is 1.17 bits per heavy atom. The van der Waals surface area contributed by atoms with Gasteiger partial charge in [0.25, 0.3) is 5.91 Å². The van der Waals surface area contributed by atoms with Gasteiger partial charge in [-0.2, -0.15) is 0 Å². The van der Waals surface area contributed by atoms with E-state index in [1.807, 2.05) is 25.3 Å². The minimum Gasteiger partial charge on any atom is -0.270 e. The van der Waals surface area contributed by atoms with Crippen LogP contribution in [0.2, 0.25) is 0 Å². The van der Waals surface area contributed by atoms with Crippen LogP contribution in [0.25, 0.3) is 0 Å². The van der Waals surface area contributed by atoms with Crippen LogP contribution in [-0.4, -0.2) is 75.5 Å². The summed E-state index contributed by atoms with van der Waals surface area (Å²) < 4.78 is 16.1. The Kier molecular flexibility index (Phi) is 4.29. The molecule has 1 aromatic carbocycles. The topological polar surface area (TPSA) is 71.6 Å². The zero-order valence-electron chi connectivity index (χ0n) is 17.2. The van der Waals surface area contributed by atoms with Crippen LogP contribution in [0.5, 0.6) is 0 Å². The van der Waals surface area contributed by atoms with Gasteiger partial charge in [-0.05, 0) is 6.07 Å². The lowest BCUT2D eigenvalue weighted by Crippen LogP contribution is -2.62. The monoisotopic (exact) mass is 399 g/mol. The first-order valence-electron chi connectivity index (χ1n) is 9.46. The van der Waals surface area contributed by atoms with E-state index in [9.17, 15) is 14.0 Å². The Morgan fingerprint density at radius 2 is 1.86 bits per heavy atom. The molecule has 0 aliphatic carbocycles. The number of benzene rings is 1. The van der Waals surface area contributed by atoms with Crippen LogP contribution in [0.3, 0.4) is 0 Å². The number of hydrogen-bond acceptors (Lipinski definition) is 5. The molecule has 4 rings (SSSR count). The first-order chi connectivity index (χ1) is 13.6. The normalized spacial score (nSPS) is 22.0. The van der Waals surface area contributed by atoms with Gasteiger partial charge >= 0.3 is 12.0 Å². The van der Waals surface area contributed by atoms with Gasteiger partial charge in [-0.25, -0.2) is 13.8 Å². The zero-order chi connectivity index (χ0) is 21.1. The predicted molar refractivity (Wildman–Crippen MR) is 106 cm³/mol. The number of hydrogen-bond donors (Lipinski definition) is 0. The van der Waals surface area contributed by atoms with Crippen LogP contribution in [0.1, 0.15) is 26.3 Å². The van der Waals surface area contributed by atoms with Gasteiger partial charge in [-0.3, -0.25) is 14.6 Å². The second-order valence-electron chi connectivity index (χ2n) is 8.49. The molecule has 0 spiro atoms. The first kappa shape index (κ1) is 19.2. The number of likely N-dealkylation sites (N-methyl/N-ethyl adjacent to an activating group) is 2. The molecule has 3 amide bonds. The maximum absolute atomic E-state index is 14.3. The van der Waals surface area contributed by atoms with Gasteiger partial charge in [0.2, 0.25) is 11.9 Å². The molecule has 1 atom stereocenters. The lowest BCUT2D eigenvalue weighted by molar-refractivity contribution is -0.528. The van der Waals surface area contributed by atoms with Crippen LogP contribution in [-0.2, 0) is 11.3 Å². The zero-order valence-corrected chi connectivity index (χ0v) is 17.2. The number of carbonyl (C=O) groups is 2. The summed E-state index contributed by atoms with van der Waals surface area (Å²) in [5.41, 5.74) is 1.07. The molecule has 0 N–H and O–H groups in total. The Balaban J connectivity index is 1.80. The maximum Gasteiger partial charge on any atom is 0.417 e. The molecule has 8 nitrogen and oxygen atoms in total. The molecule has 0 bridgehead atoms. The Labute approximate surface area is 168 Å². The van der Waals surface area contributed by atoms with Crippen molar-refractivity contribution in [1.29, 1.82) is 0 Å². The molecule has 3 heterocycles. The number of urea groups is 1. The van der Waals surface area contributed by atoms with E-state index in [1.54, 1.807) is 30.3 Å². The molecule has 1 saturated heterocycles. The van der Waals surface area contributed by atoms with E-state index in [4.69, 9.17) is 5.10 Å². The van der Waals surface area contributed by atoms with Crippen LogP contribution >= 0.6 is 0 Å². The number of imide groups is 1. The van der Waals surface area contributed by atoms with Crippen molar-refractivity contribution in [2.45, 2.75) is 33.4 Å². The second-order valence-corrected chi connectivity index (χ2v) is 8.49. The molecule has 0 saturated carbocycles. The summed E-state index contributed by atoms with van der Waals surface area (Å²) in [6, 6.07) is 5.38. The number of fused-ring (bicyclic) bond motifs is 2. The van der Waals surface area contributed by atoms with Crippen molar-refractivity contribution >= 4 is 29.4 Å². The molecule has 1 aromatic rings. The fraction of sp³-hybridized carbons (Fsp3) is 0.450. The van der Waals surface area contributed by atoms with Crippen molar-refractivity contribution in [2.75, 3.05) is 20.6 Å². The summed E-state index contributed by atoms with van der Waals surface area (Å²) in [6.45, 7) is 6.70. The van der Waals surface area contributed by atoms with Gasteiger partial charge in [-0.15, -0.1) is 10.1 Å². The number of carbonyl (C=O) groups excluding carboxylic acids is 2. The molecule has 1 unspecified atom stereocenters. The molecule has 9 heteroatoms. The summed E-state index contributed by atoms with van der Waals surface area (Å²) in [5, 5.41) is 6.37. The number of halogens is 1. The van der Waals surface area contributed by atoms with Crippen LogP contribution in [0.15, 0.2) is 34.4 Å². The van der Waals surface area contributed by atoms with Crippen molar-refractivity contribution in [2.24, 2.45) is 15.5 Å². The van der Waals surface area contributed by atoms with Crippen LogP contribution in [0.4, 0.5) is 9.18 Å². The third-order valence-electron chi connectivity index (χ3n) is 5.45. The van der Waals surface area contributed by atoms with Crippen LogP contribution in [0, 0.1) is 11.2 Å². The standard InChI is InChI=1S/C20H24FN6O2/c1-20(2,3)14-11-26-15-16(24(4)19(29)25(5)17(15)28)22-18(26)27(23-14)10-12-8-6-7-9-13(12)21/h6-9,15H,10-11H2,1-5H3/q+1. The van der Waals surface area contributed by atoms with Crippen molar-refractivity contribution < 1.29 is 18.6 Å². The summed E-state index contributed by atoms with van der Waals surface area (Å²) in [6.07, 6.45) is 0. The van der Waals surface area contributed by atoms with Gasteiger partial charge in [0, 0.05) is 25.1 Å². The number of amides is 3. The van der Waals surface area contributed by atoms with Crippen molar-refractivity contribution in [3.63, 3.8) is 0 Å². The van der Waals surface area contributed by atoms with Gasteiger partial charge in [0.15, 0.2) is 0 Å². The Hall–Kier alpha value is -3.10. The lowest BCUT2D eigenvalue weighted by Gasteiger charge is -2.33. The maximum atomic E-state index is 14.3. The molecule has 0 radical (unpaired) electrons. The molecule has 152 valence electrons. The average molecular weight is 399 g/mol. The highest BCUT2D eigenvalue weighted by Gasteiger charge is 2.54. The molecule has 3 aliphatic heterocycles. The van der Waals surface area contributed by atoms with E-state index in [2.05, 4.69) is 4.99 Å². The summed E-state index contributed by atoms with van der Waals surface area (Å²) in [5.74, 6) is 0.160. The third kappa shape index (κ3) is 3.01. The van der Waals surface area contributed by atoms with E-state index >= 15 is 0 Å². The minimum absolute atomic E-state index is 0.170. The quantitative estimate of drug-likeness (QED) is 0.711. The van der Waals surface area contributed by atoms with Crippen LogP contribution < -0.4 is 0 Å². The number of hydrazone groups is 1. The highest BCUT2D eigenvalue weighted by Crippen LogP contribution is 2.27. The van der Waals surface area contributed by atoms with Crippen molar-refractivity contribution in [1.82, 2.24) is 14.8 Å². The van der Waals surface area contributed by atoms with E-state index in [1.165, 1.54) is 18.0 Å². The smallest absolute Gasteiger partial charge is 0.270 e. The van der Waals surface area contributed by atoms with Gasteiger partial charge in [0.1, 0.15) is 18.9 Å². The number of amidine groups is 1. The predicted octanol–water partition coefficient (Wildman–Crippen LogP) is 1.72. The highest BCUT2D eigenvalue weighted by molar-refractivity contribution is 6.23. The second kappa shape index (κ2) is 6.47. The molecule has 0 aromatic heterocycles. The lowest BCUT2D eigenvalue weighted by atomic mass is 9.89. The number of aliphatic imine (C=N–C) groups is 1. The summed E-state index contributed by atoms with van der Waals surface area (Å²) in [7, 11) is 3.07. The number of rotatable bonds is 2. The van der Waals surface area contributed by atoms with Crippen molar-refractivity contribution in [3.05, 3.63) is 35.6 Å². The largest absolute Gasteiger partial charge is 0.417 e.